The Bertz CT molecular complexity index is 654. The Morgan fingerprint density at radius 3 is 2.10 bits per heavy atom. The first kappa shape index (κ1) is 14.6. The topological polar surface area (TPSA) is 49.4 Å². The van der Waals surface area contributed by atoms with Gasteiger partial charge < -0.3 is 10.2 Å². The normalized spacial score (nSPS) is 10.0. The summed E-state index contributed by atoms with van der Waals surface area (Å²) < 4.78 is 26.8. The van der Waals surface area contributed by atoms with Gasteiger partial charge in [0.05, 0.1) is 0 Å². The van der Waals surface area contributed by atoms with E-state index in [2.05, 4.69) is 0 Å². The molecular weight excluding hydrogens is 278 g/mol. The summed E-state index contributed by atoms with van der Waals surface area (Å²) in [6.45, 7) is 0. The second kappa shape index (κ2) is 6.13. The van der Waals surface area contributed by atoms with Crippen molar-refractivity contribution in [3.8, 4) is 0 Å². The lowest BCUT2D eigenvalue weighted by atomic mass is 10.2. The van der Waals surface area contributed by atoms with Crippen molar-refractivity contribution in [1.82, 2.24) is 0 Å². The molecule has 2 aromatic rings. The fourth-order valence-corrected chi connectivity index (χ4v) is 1.71. The molecule has 0 unspecified atom stereocenters. The molecule has 108 valence electrons. The zero-order valence-electron chi connectivity index (χ0n) is 11.1. The highest BCUT2D eigenvalue weighted by atomic mass is 19.1. The summed E-state index contributed by atoms with van der Waals surface area (Å²) in [6, 6.07) is 11.6. The highest BCUT2D eigenvalue weighted by molar-refractivity contribution is 6.44. The van der Waals surface area contributed by atoms with E-state index in [1.54, 1.807) is 30.3 Å². The van der Waals surface area contributed by atoms with E-state index in [0.717, 1.165) is 23.1 Å². The lowest BCUT2D eigenvalue weighted by molar-refractivity contribution is -0.134. The van der Waals surface area contributed by atoms with Gasteiger partial charge in [0.15, 0.2) is 0 Å². The van der Waals surface area contributed by atoms with E-state index in [4.69, 9.17) is 0 Å². The van der Waals surface area contributed by atoms with Crippen LogP contribution in [0, 0.1) is 11.6 Å². The van der Waals surface area contributed by atoms with Crippen molar-refractivity contribution in [1.29, 1.82) is 0 Å². The molecule has 0 aromatic heterocycles. The zero-order valence-corrected chi connectivity index (χ0v) is 11.1. The number of likely N-dealkylation sites (N-methyl/N-ethyl adjacent to an activating group) is 1. The van der Waals surface area contributed by atoms with Gasteiger partial charge in [-0.05, 0) is 24.3 Å². The molecule has 21 heavy (non-hydrogen) atoms. The molecule has 0 saturated carbocycles. The van der Waals surface area contributed by atoms with Crippen LogP contribution in [0.5, 0.6) is 0 Å². The van der Waals surface area contributed by atoms with Crippen LogP contribution in [-0.4, -0.2) is 18.9 Å². The molecule has 0 fully saturated rings. The maximum absolute atomic E-state index is 13.4. The monoisotopic (exact) mass is 290 g/mol. The van der Waals surface area contributed by atoms with E-state index in [1.807, 2.05) is 5.32 Å². The number of halogens is 2. The molecule has 2 aromatic carbocycles. The number of benzene rings is 2. The number of rotatable bonds is 2. The molecule has 2 amide bonds. The summed E-state index contributed by atoms with van der Waals surface area (Å²) in [7, 11) is 1.40. The Hall–Kier alpha value is -2.76. The number of hydrogen-bond acceptors (Lipinski definition) is 2. The third-order valence-corrected chi connectivity index (χ3v) is 2.84. The molecule has 2 rings (SSSR count). The van der Waals surface area contributed by atoms with Crippen LogP contribution in [0.1, 0.15) is 0 Å². The van der Waals surface area contributed by atoms with Crippen molar-refractivity contribution < 1.29 is 18.4 Å². The van der Waals surface area contributed by atoms with Gasteiger partial charge in [-0.1, -0.05) is 24.3 Å². The van der Waals surface area contributed by atoms with E-state index in [9.17, 15) is 18.4 Å². The maximum atomic E-state index is 13.4. The molecule has 1 N–H and O–H groups in total. The lowest BCUT2D eigenvalue weighted by Gasteiger charge is -2.16. The summed E-state index contributed by atoms with van der Waals surface area (Å²) >= 11 is 0. The SMILES string of the molecule is CN(C(=O)C(=O)Nc1c(F)cccc1F)c1ccccc1. The number of nitrogens with zero attached hydrogens (tertiary/aromatic N) is 1. The minimum absolute atomic E-state index is 0.492. The molecule has 0 aliphatic rings. The van der Waals surface area contributed by atoms with Gasteiger partial charge in [-0.25, -0.2) is 8.78 Å². The van der Waals surface area contributed by atoms with Crippen molar-refractivity contribution in [2.24, 2.45) is 0 Å². The van der Waals surface area contributed by atoms with Crippen LogP contribution in [0.15, 0.2) is 48.5 Å². The van der Waals surface area contributed by atoms with Crippen LogP contribution in [-0.2, 0) is 9.59 Å². The Morgan fingerprint density at radius 1 is 0.952 bits per heavy atom. The summed E-state index contributed by atoms with van der Waals surface area (Å²) in [6.07, 6.45) is 0. The zero-order chi connectivity index (χ0) is 15.4. The van der Waals surface area contributed by atoms with Crippen molar-refractivity contribution in [3.05, 3.63) is 60.2 Å². The fourth-order valence-electron chi connectivity index (χ4n) is 1.71. The number of hydrogen-bond donors (Lipinski definition) is 1. The van der Waals surface area contributed by atoms with E-state index in [0.29, 0.717) is 5.69 Å². The van der Waals surface area contributed by atoms with Gasteiger partial charge in [-0.15, -0.1) is 0 Å². The van der Waals surface area contributed by atoms with Crippen molar-refractivity contribution >= 4 is 23.2 Å². The van der Waals surface area contributed by atoms with Gasteiger partial charge in [0.25, 0.3) is 0 Å². The molecule has 4 nitrogen and oxygen atoms in total. The summed E-state index contributed by atoms with van der Waals surface area (Å²) in [5, 5.41) is 1.95. The average Bonchev–Trinajstić information content (AvgIpc) is 2.50. The Balaban J connectivity index is 2.15. The lowest BCUT2D eigenvalue weighted by Crippen LogP contribution is -2.37. The first-order chi connectivity index (χ1) is 10.0. The molecule has 0 bridgehead atoms. The maximum Gasteiger partial charge on any atom is 0.316 e. The molecule has 0 heterocycles. The minimum atomic E-state index is -1.12. The third kappa shape index (κ3) is 3.22. The number of anilines is 2. The summed E-state index contributed by atoms with van der Waals surface area (Å²) in [4.78, 5) is 24.8. The van der Waals surface area contributed by atoms with E-state index >= 15 is 0 Å². The van der Waals surface area contributed by atoms with Crippen molar-refractivity contribution in [3.63, 3.8) is 0 Å². The predicted molar refractivity (Wildman–Crippen MR) is 74.8 cm³/mol. The number of amides is 2. The highest BCUT2D eigenvalue weighted by Crippen LogP contribution is 2.18. The van der Waals surface area contributed by atoms with Crippen LogP contribution >= 0.6 is 0 Å². The second-order valence-electron chi connectivity index (χ2n) is 4.25. The highest BCUT2D eigenvalue weighted by Gasteiger charge is 2.22. The van der Waals surface area contributed by atoms with E-state index in [-0.39, 0.29) is 0 Å². The first-order valence-corrected chi connectivity index (χ1v) is 6.09. The molecule has 0 spiro atoms. The predicted octanol–water partition coefficient (Wildman–Crippen LogP) is 2.57. The smallest absolute Gasteiger partial charge is 0.313 e. The molecule has 0 radical (unpaired) electrons. The van der Waals surface area contributed by atoms with Crippen molar-refractivity contribution in [2.75, 3.05) is 17.3 Å². The van der Waals surface area contributed by atoms with E-state index < -0.39 is 29.1 Å². The van der Waals surface area contributed by atoms with Crippen LogP contribution in [0.3, 0.4) is 0 Å². The Kier molecular flexibility index (Phi) is 4.27. The van der Waals surface area contributed by atoms with E-state index in [1.165, 1.54) is 7.05 Å². The molecule has 0 aliphatic heterocycles. The Labute approximate surface area is 120 Å². The molecule has 0 aliphatic carbocycles. The molecule has 6 heteroatoms. The third-order valence-electron chi connectivity index (χ3n) is 2.84. The molecule has 0 atom stereocenters. The van der Waals surface area contributed by atoms with Gasteiger partial charge in [0, 0.05) is 12.7 Å². The molecule has 0 saturated heterocycles. The van der Waals surface area contributed by atoms with Gasteiger partial charge in [0.2, 0.25) is 0 Å². The second-order valence-corrected chi connectivity index (χ2v) is 4.25. The van der Waals surface area contributed by atoms with Crippen LogP contribution in [0.2, 0.25) is 0 Å². The van der Waals surface area contributed by atoms with Crippen molar-refractivity contribution in [2.45, 2.75) is 0 Å². The van der Waals surface area contributed by atoms with Crippen LogP contribution in [0.4, 0.5) is 20.2 Å². The average molecular weight is 290 g/mol. The number of para-hydroxylation sites is 2. The fraction of sp³-hybridized carbons (Fsp3) is 0.0667. The first-order valence-electron chi connectivity index (χ1n) is 6.09. The standard InChI is InChI=1S/C15H12F2N2O2/c1-19(10-6-3-2-4-7-10)15(21)14(20)18-13-11(16)8-5-9-12(13)17/h2-9H,1H3,(H,18,20). The Morgan fingerprint density at radius 2 is 1.52 bits per heavy atom. The largest absolute Gasteiger partial charge is 0.316 e. The summed E-state index contributed by atoms with van der Waals surface area (Å²) in [5.41, 5.74) is -0.149. The molecular formula is C15H12F2N2O2. The number of carbonyl (C=O) groups is 2. The van der Waals surface area contributed by atoms with Crippen LogP contribution in [0.25, 0.3) is 0 Å². The van der Waals surface area contributed by atoms with Gasteiger partial charge >= 0.3 is 11.8 Å². The van der Waals surface area contributed by atoms with Gasteiger partial charge in [-0.2, -0.15) is 0 Å². The number of carbonyl (C=O) groups excluding carboxylic acids is 2. The van der Waals surface area contributed by atoms with Gasteiger partial charge in [-0.3, -0.25) is 9.59 Å². The minimum Gasteiger partial charge on any atom is -0.313 e. The number of nitrogens with one attached hydrogen (secondary N) is 1. The van der Waals surface area contributed by atoms with Crippen LogP contribution < -0.4 is 10.2 Å². The summed E-state index contributed by atoms with van der Waals surface area (Å²) in [5.74, 6) is -3.94. The van der Waals surface area contributed by atoms with Gasteiger partial charge in [0.1, 0.15) is 17.3 Å². The quantitative estimate of drug-likeness (QED) is 0.864.